The Kier molecular flexibility index (Phi) is 6.55. The lowest BCUT2D eigenvalue weighted by Crippen LogP contribution is -2.44. The summed E-state index contributed by atoms with van der Waals surface area (Å²) in [6, 6.07) is 0. The lowest BCUT2D eigenvalue weighted by Gasteiger charge is -2.22. The Morgan fingerprint density at radius 1 is 1.35 bits per heavy atom. The lowest BCUT2D eigenvalue weighted by molar-refractivity contribution is -0.121. The molecule has 2 N–H and O–H groups in total. The number of thioether (sulfide) groups is 1. The van der Waals surface area contributed by atoms with Crippen molar-refractivity contribution in [3.8, 4) is 0 Å². The van der Waals surface area contributed by atoms with Gasteiger partial charge >= 0.3 is 0 Å². The predicted molar refractivity (Wildman–Crippen MR) is 111 cm³/mol. The zero-order valence-corrected chi connectivity index (χ0v) is 18.3. The van der Waals surface area contributed by atoms with Crippen LogP contribution >= 0.6 is 23.1 Å². The minimum absolute atomic E-state index is 0.0648. The maximum atomic E-state index is 12.7. The molecule has 2 aromatic heterocycles. The first-order valence-electron chi connectivity index (χ1n) is 9.02. The van der Waals surface area contributed by atoms with Crippen LogP contribution in [0.4, 0.5) is 0 Å². The molecule has 1 amide bonds. The minimum atomic E-state index is -0.338. The SMILES string of the molecule is CC[C@@H](C)Cc1c(C)sc2nc(S[C@@H](C)C(=O)NC(C)(C)C)[nH]c(=O)c12. The van der Waals surface area contributed by atoms with E-state index in [1.165, 1.54) is 11.8 Å². The van der Waals surface area contributed by atoms with Crippen molar-refractivity contribution in [1.82, 2.24) is 15.3 Å². The summed E-state index contributed by atoms with van der Waals surface area (Å²) in [5, 5.41) is 3.83. The molecule has 2 aromatic rings. The van der Waals surface area contributed by atoms with Crippen molar-refractivity contribution < 1.29 is 4.79 Å². The Labute approximate surface area is 163 Å². The summed E-state index contributed by atoms with van der Waals surface area (Å²) < 4.78 is 0. The van der Waals surface area contributed by atoms with Gasteiger partial charge in [-0.2, -0.15) is 0 Å². The van der Waals surface area contributed by atoms with E-state index in [4.69, 9.17) is 0 Å². The van der Waals surface area contributed by atoms with Crippen molar-refractivity contribution in [2.24, 2.45) is 5.92 Å². The van der Waals surface area contributed by atoms with E-state index in [2.05, 4.69) is 36.1 Å². The van der Waals surface area contributed by atoms with Crippen molar-refractivity contribution >= 4 is 39.2 Å². The van der Waals surface area contributed by atoms with Gasteiger partial charge in [0, 0.05) is 10.4 Å². The molecule has 0 unspecified atom stereocenters. The molecule has 0 saturated heterocycles. The van der Waals surface area contributed by atoms with Crippen LogP contribution in [0.3, 0.4) is 0 Å². The van der Waals surface area contributed by atoms with E-state index < -0.39 is 0 Å². The number of nitrogens with one attached hydrogen (secondary N) is 2. The third kappa shape index (κ3) is 5.10. The summed E-state index contributed by atoms with van der Waals surface area (Å²) in [7, 11) is 0. The van der Waals surface area contributed by atoms with Gasteiger partial charge < -0.3 is 10.3 Å². The lowest BCUT2D eigenvalue weighted by atomic mass is 9.98. The number of carbonyl (C=O) groups excluding carboxylic acids is 1. The van der Waals surface area contributed by atoms with E-state index in [-0.39, 0.29) is 22.3 Å². The van der Waals surface area contributed by atoms with E-state index in [0.29, 0.717) is 16.5 Å². The minimum Gasteiger partial charge on any atom is -0.351 e. The summed E-state index contributed by atoms with van der Waals surface area (Å²) in [6.45, 7) is 14.1. The molecule has 5 nitrogen and oxygen atoms in total. The van der Waals surface area contributed by atoms with Crippen LogP contribution in [0, 0.1) is 12.8 Å². The second kappa shape index (κ2) is 8.13. The average Bonchev–Trinajstić information content (AvgIpc) is 2.81. The molecule has 26 heavy (non-hydrogen) atoms. The molecule has 0 aliphatic rings. The van der Waals surface area contributed by atoms with Gasteiger partial charge in [-0.05, 0) is 52.5 Å². The molecule has 2 atom stereocenters. The van der Waals surface area contributed by atoms with Gasteiger partial charge in [0.1, 0.15) is 4.83 Å². The fourth-order valence-electron chi connectivity index (χ4n) is 2.64. The second-order valence-corrected chi connectivity index (χ2v) is 10.4. The zero-order chi connectivity index (χ0) is 19.6. The number of amides is 1. The van der Waals surface area contributed by atoms with Gasteiger partial charge in [0.15, 0.2) is 5.16 Å². The number of aryl methyl sites for hydroxylation is 1. The molecular formula is C19H29N3O2S2. The van der Waals surface area contributed by atoms with Crippen LogP contribution in [0.15, 0.2) is 9.95 Å². The zero-order valence-electron chi connectivity index (χ0n) is 16.6. The molecule has 0 bridgehead atoms. The van der Waals surface area contributed by atoms with Crippen LogP contribution in [0.5, 0.6) is 0 Å². The van der Waals surface area contributed by atoms with Gasteiger partial charge in [-0.1, -0.05) is 32.0 Å². The van der Waals surface area contributed by atoms with Gasteiger partial charge in [0.2, 0.25) is 5.91 Å². The molecule has 0 aliphatic carbocycles. The molecule has 2 heterocycles. The molecule has 0 radical (unpaired) electrons. The van der Waals surface area contributed by atoms with E-state index in [0.717, 1.165) is 28.1 Å². The number of fused-ring (bicyclic) bond motifs is 1. The van der Waals surface area contributed by atoms with Gasteiger partial charge in [-0.3, -0.25) is 9.59 Å². The third-order valence-electron chi connectivity index (χ3n) is 4.25. The van der Waals surface area contributed by atoms with Crippen molar-refractivity contribution in [2.75, 3.05) is 0 Å². The number of hydrogen-bond donors (Lipinski definition) is 2. The fraction of sp³-hybridized carbons (Fsp3) is 0.632. The smallest absolute Gasteiger partial charge is 0.260 e. The Morgan fingerprint density at radius 2 is 2.00 bits per heavy atom. The summed E-state index contributed by atoms with van der Waals surface area (Å²) in [4.78, 5) is 34.3. The number of nitrogens with zero attached hydrogens (tertiary/aromatic N) is 1. The molecular weight excluding hydrogens is 366 g/mol. The number of thiophene rings is 1. The van der Waals surface area contributed by atoms with Gasteiger partial charge in [-0.25, -0.2) is 4.98 Å². The van der Waals surface area contributed by atoms with Crippen LogP contribution in [-0.2, 0) is 11.2 Å². The topological polar surface area (TPSA) is 74.8 Å². The number of hydrogen-bond acceptors (Lipinski definition) is 5. The first kappa shape index (κ1) is 21.0. The highest BCUT2D eigenvalue weighted by atomic mass is 32.2. The van der Waals surface area contributed by atoms with E-state index in [9.17, 15) is 9.59 Å². The largest absolute Gasteiger partial charge is 0.351 e. The van der Waals surface area contributed by atoms with Crippen molar-refractivity contribution in [3.05, 3.63) is 20.8 Å². The normalized spacial score (nSPS) is 14.4. The van der Waals surface area contributed by atoms with E-state index >= 15 is 0 Å². The summed E-state index contributed by atoms with van der Waals surface area (Å²) >= 11 is 2.84. The van der Waals surface area contributed by atoms with Gasteiger partial charge in [-0.15, -0.1) is 11.3 Å². The molecule has 0 spiro atoms. The highest BCUT2D eigenvalue weighted by Gasteiger charge is 2.22. The number of carbonyl (C=O) groups is 1. The Bertz CT molecular complexity index is 849. The predicted octanol–water partition coefficient (Wildman–Crippen LogP) is 4.28. The van der Waals surface area contributed by atoms with Crippen LogP contribution in [0.25, 0.3) is 10.2 Å². The molecule has 0 aromatic carbocycles. The number of H-pyrrole nitrogens is 1. The van der Waals surface area contributed by atoms with Crippen LogP contribution < -0.4 is 10.9 Å². The number of aromatic nitrogens is 2. The Hall–Kier alpha value is -1.34. The van der Waals surface area contributed by atoms with E-state index in [1.54, 1.807) is 11.3 Å². The Balaban J connectivity index is 2.29. The first-order valence-corrected chi connectivity index (χ1v) is 10.7. The fourth-order valence-corrected chi connectivity index (χ4v) is 4.55. The van der Waals surface area contributed by atoms with Crippen LogP contribution in [0.2, 0.25) is 0 Å². The summed E-state index contributed by atoms with van der Waals surface area (Å²) in [5.41, 5.74) is 0.721. The van der Waals surface area contributed by atoms with Gasteiger partial charge in [0.05, 0.1) is 10.6 Å². The first-order chi connectivity index (χ1) is 12.0. The second-order valence-electron chi connectivity index (χ2n) is 7.90. The molecule has 0 fully saturated rings. The van der Waals surface area contributed by atoms with E-state index in [1.807, 2.05) is 27.7 Å². The maximum absolute atomic E-state index is 12.7. The molecule has 7 heteroatoms. The molecule has 2 rings (SSSR count). The standard InChI is InChI=1S/C19H29N3O2S2/c1-8-10(2)9-13-11(3)25-17-14(13)16(24)20-18(21-17)26-12(4)15(23)22-19(5,6)7/h10,12H,8-9H2,1-7H3,(H,22,23)(H,20,21,24)/t10-,12+/m1/s1. The average molecular weight is 396 g/mol. The summed E-state index contributed by atoms with van der Waals surface area (Å²) in [6.07, 6.45) is 1.97. The third-order valence-corrected chi connectivity index (χ3v) is 6.27. The van der Waals surface area contributed by atoms with Crippen molar-refractivity contribution in [2.45, 2.75) is 77.3 Å². The van der Waals surface area contributed by atoms with Crippen molar-refractivity contribution in [3.63, 3.8) is 0 Å². The van der Waals surface area contributed by atoms with Crippen LogP contribution in [0.1, 0.15) is 58.4 Å². The highest BCUT2D eigenvalue weighted by molar-refractivity contribution is 8.00. The van der Waals surface area contributed by atoms with Crippen molar-refractivity contribution in [1.29, 1.82) is 0 Å². The van der Waals surface area contributed by atoms with Crippen LogP contribution in [-0.4, -0.2) is 26.7 Å². The number of aromatic amines is 1. The molecule has 144 valence electrons. The summed E-state index contributed by atoms with van der Waals surface area (Å²) in [5.74, 6) is 0.464. The highest BCUT2D eigenvalue weighted by Crippen LogP contribution is 2.31. The quantitative estimate of drug-likeness (QED) is 0.565. The maximum Gasteiger partial charge on any atom is 0.260 e. The monoisotopic (exact) mass is 395 g/mol. The molecule has 0 aliphatic heterocycles. The number of rotatable bonds is 6. The Morgan fingerprint density at radius 3 is 2.58 bits per heavy atom. The van der Waals surface area contributed by atoms with Gasteiger partial charge in [0.25, 0.3) is 5.56 Å². The molecule has 0 saturated carbocycles.